The van der Waals surface area contributed by atoms with Crippen molar-refractivity contribution in [3.05, 3.63) is 53.6 Å². The molecule has 3 rings (SSSR count). The first-order valence-electron chi connectivity index (χ1n) is 9.85. The maximum Gasteiger partial charge on any atom is 0.283 e. The van der Waals surface area contributed by atoms with Crippen LogP contribution in [0.2, 0.25) is 0 Å². The number of rotatable bonds is 6. The molecule has 1 fully saturated rings. The van der Waals surface area contributed by atoms with Crippen LogP contribution < -0.4 is 10.1 Å². The molecule has 0 aromatic heterocycles. The summed E-state index contributed by atoms with van der Waals surface area (Å²) in [6, 6.07) is 16.8. The number of nitriles is 1. The molecule has 0 spiro atoms. The summed E-state index contributed by atoms with van der Waals surface area (Å²) in [5.41, 5.74) is 3.87. The van der Waals surface area contributed by atoms with E-state index in [1.807, 2.05) is 70.9 Å². The van der Waals surface area contributed by atoms with Gasteiger partial charge in [-0.05, 0) is 61.1 Å². The monoisotopic (exact) mass is 503 g/mol. The lowest BCUT2D eigenvalue weighted by Crippen LogP contribution is -2.41. The lowest BCUT2D eigenvalue weighted by atomic mass is 9.90. The van der Waals surface area contributed by atoms with Gasteiger partial charge in [0.15, 0.2) is 0 Å². The van der Waals surface area contributed by atoms with Gasteiger partial charge in [-0.1, -0.05) is 18.2 Å². The lowest BCUT2D eigenvalue weighted by Gasteiger charge is -2.34. The average molecular weight is 503 g/mol. The number of ether oxygens (including phenoxy) is 1. The van der Waals surface area contributed by atoms with Gasteiger partial charge in [0.05, 0.1) is 18.7 Å². The molecule has 1 amide bonds. The minimum Gasteiger partial charge on any atom is -0.496 e. The largest absolute Gasteiger partial charge is 0.496 e. The normalized spacial score (nSPS) is 18.7. The Morgan fingerprint density at radius 2 is 1.93 bits per heavy atom. The van der Waals surface area contributed by atoms with E-state index in [1.165, 1.54) is 0 Å². The summed E-state index contributed by atoms with van der Waals surface area (Å²) in [7, 11) is 3.59. The highest BCUT2D eigenvalue weighted by Gasteiger charge is 2.25. The summed E-state index contributed by atoms with van der Waals surface area (Å²) < 4.78 is 5.67. The third-order valence-corrected chi connectivity index (χ3v) is 6.47. The fourth-order valence-electron chi connectivity index (χ4n) is 3.93. The molecule has 0 radical (unpaired) electrons. The molecule has 2 aromatic rings. The lowest BCUT2D eigenvalue weighted by molar-refractivity contribution is 0.188. The number of methoxy groups -OCH3 is 1. The molecule has 0 heterocycles. The van der Waals surface area contributed by atoms with Crippen LogP contribution in [-0.4, -0.2) is 35.1 Å². The molecular weight excluding hydrogens is 477 g/mol. The van der Waals surface area contributed by atoms with Gasteiger partial charge >= 0.3 is 0 Å². The second-order valence-corrected chi connectivity index (χ2v) is 8.39. The Hall–Kier alpha value is -2.11. The Morgan fingerprint density at radius 3 is 2.59 bits per heavy atom. The first-order valence-corrected chi connectivity index (χ1v) is 10.9. The van der Waals surface area contributed by atoms with Crippen molar-refractivity contribution in [1.29, 1.82) is 5.26 Å². The molecule has 1 aliphatic carbocycles. The molecule has 152 valence electrons. The average Bonchev–Trinajstić information content (AvgIpc) is 2.77. The SMILES string of the molecule is COc1ccc(-c2cccc(C#N)c2)cc1CNC1CCC(N(C)C(=O)I)CC1. The number of benzene rings is 2. The zero-order valence-corrected chi connectivity index (χ0v) is 19.0. The molecule has 5 nitrogen and oxygen atoms in total. The summed E-state index contributed by atoms with van der Waals surface area (Å²) >= 11 is 1.86. The zero-order chi connectivity index (χ0) is 20.8. The molecule has 0 bridgehead atoms. The van der Waals surface area contributed by atoms with Crippen molar-refractivity contribution in [2.24, 2.45) is 0 Å². The van der Waals surface area contributed by atoms with Gasteiger partial charge in [-0.25, -0.2) is 0 Å². The molecule has 2 aromatic carbocycles. The Bertz CT molecular complexity index is 901. The number of carbonyl (C=O) groups excluding carboxylic acids is 1. The molecule has 29 heavy (non-hydrogen) atoms. The van der Waals surface area contributed by atoms with E-state index >= 15 is 0 Å². The molecule has 1 saturated carbocycles. The van der Waals surface area contributed by atoms with Gasteiger partial charge in [-0.15, -0.1) is 0 Å². The van der Waals surface area contributed by atoms with Gasteiger partial charge < -0.3 is 15.0 Å². The smallest absolute Gasteiger partial charge is 0.283 e. The number of nitrogens with zero attached hydrogens (tertiary/aromatic N) is 2. The van der Waals surface area contributed by atoms with E-state index in [9.17, 15) is 4.79 Å². The molecular formula is C23H26IN3O2. The predicted molar refractivity (Wildman–Crippen MR) is 123 cm³/mol. The Kier molecular flexibility index (Phi) is 7.51. The number of nitrogens with one attached hydrogen (secondary N) is 1. The quantitative estimate of drug-likeness (QED) is 0.338. The van der Waals surface area contributed by atoms with Crippen LogP contribution in [0.1, 0.15) is 36.8 Å². The van der Waals surface area contributed by atoms with Crippen LogP contribution >= 0.6 is 22.6 Å². The fraction of sp³-hybridized carbons (Fsp3) is 0.391. The van der Waals surface area contributed by atoms with Gasteiger partial charge in [0, 0.05) is 53.8 Å². The second-order valence-electron chi connectivity index (χ2n) is 7.47. The van der Waals surface area contributed by atoms with Crippen LogP contribution in [0.3, 0.4) is 0 Å². The van der Waals surface area contributed by atoms with E-state index in [4.69, 9.17) is 10.00 Å². The van der Waals surface area contributed by atoms with Crippen molar-refractivity contribution in [3.8, 4) is 22.9 Å². The highest BCUT2D eigenvalue weighted by molar-refractivity contribution is 14.1. The van der Waals surface area contributed by atoms with E-state index in [1.54, 1.807) is 7.11 Å². The fourth-order valence-corrected chi connectivity index (χ4v) is 4.32. The van der Waals surface area contributed by atoms with Crippen LogP contribution in [0.25, 0.3) is 11.1 Å². The van der Waals surface area contributed by atoms with Crippen LogP contribution in [0.4, 0.5) is 4.79 Å². The van der Waals surface area contributed by atoms with Gasteiger partial charge in [0.1, 0.15) is 5.75 Å². The Labute approximate surface area is 186 Å². The summed E-state index contributed by atoms with van der Waals surface area (Å²) in [5.74, 6) is 0.863. The number of amides is 1. The first-order chi connectivity index (χ1) is 14.0. The predicted octanol–water partition coefficient (Wildman–Crippen LogP) is 5.12. The van der Waals surface area contributed by atoms with Crippen LogP contribution in [0, 0.1) is 11.3 Å². The van der Waals surface area contributed by atoms with Crippen LogP contribution in [0.15, 0.2) is 42.5 Å². The summed E-state index contributed by atoms with van der Waals surface area (Å²) in [6.07, 6.45) is 4.18. The highest BCUT2D eigenvalue weighted by atomic mass is 127. The van der Waals surface area contributed by atoms with Gasteiger partial charge in [0.2, 0.25) is 0 Å². The van der Waals surface area contributed by atoms with Crippen molar-refractivity contribution >= 4 is 26.5 Å². The molecule has 1 aliphatic rings. The highest BCUT2D eigenvalue weighted by Crippen LogP contribution is 2.28. The van der Waals surface area contributed by atoms with E-state index in [0.29, 0.717) is 17.6 Å². The summed E-state index contributed by atoms with van der Waals surface area (Å²) in [4.78, 5) is 13.4. The summed E-state index contributed by atoms with van der Waals surface area (Å²) in [6.45, 7) is 0.728. The van der Waals surface area contributed by atoms with E-state index < -0.39 is 0 Å². The van der Waals surface area contributed by atoms with Crippen molar-refractivity contribution in [2.75, 3.05) is 14.2 Å². The van der Waals surface area contributed by atoms with Crippen molar-refractivity contribution in [1.82, 2.24) is 10.2 Å². The number of halogens is 1. The molecule has 0 aliphatic heterocycles. The van der Waals surface area contributed by atoms with Crippen molar-refractivity contribution in [2.45, 2.75) is 44.3 Å². The minimum atomic E-state index is 0.112. The second kappa shape index (κ2) is 10.1. The molecule has 0 unspecified atom stereocenters. The Morgan fingerprint density at radius 1 is 1.21 bits per heavy atom. The molecule has 0 saturated heterocycles. The number of hydrogen-bond donors (Lipinski definition) is 1. The maximum absolute atomic E-state index is 11.6. The van der Waals surface area contributed by atoms with E-state index in [-0.39, 0.29) is 3.91 Å². The van der Waals surface area contributed by atoms with Crippen LogP contribution in [-0.2, 0) is 6.54 Å². The molecule has 1 N–H and O–H groups in total. The van der Waals surface area contributed by atoms with Crippen molar-refractivity contribution < 1.29 is 9.53 Å². The summed E-state index contributed by atoms with van der Waals surface area (Å²) in [5, 5.41) is 12.8. The first kappa shape index (κ1) is 21.6. The van der Waals surface area contributed by atoms with Crippen molar-refractivity contribution in [3.63, 3.8) is 0 Å². The van der Waals surface area contributed by atoms with E-state index in [0.717, 1.165) is 54.7 Å². The van der Waals surface area contributed by atoms with E-state index in [2.05, 4.69) is 17.5 Å². The molecule has 6 heteroatoms. The third kappa shape index (κ3) is 5.49. The topological polar surface area (TPSA) is 65.4 Å². The molecule has 0 atom stereocenters. The number of hydrogen-bond acceptors (Lipinski definition) is 4. The zero-order valence-electron chi connectivity index (χ0n) is 16.8. The van der Waals surface area contributed by atoms with Gasteiger partial charge in [0.25, 0.3) is 3.91 Å². The van der Waals surface area contributed by atoms with Crippen LogP contribution in [0.5, 0.6) is 5.75 Å². The minimum absolute atomic E-state index is 0.112. The third-order valence-electron chi connectivity index (χ3n) is 5.71. The maximum atomic E-state index is 11.6. The standard InChI is InChI=1S/C23H26IN3O2/c1-27(23(24)28)21-9-7-20(8-10-21)26-15-19-13-18(6-11-22(19)29-2)17-5-3-4-16(12-17)14-25/h3-6,11-13,20-21,26H,7-10,15H2,1-2H3. The Balaban J connectivity index is 1.66. The van der Waals surface area contributed by atoms with Gasteiger partial charge in [-0.3, -0.25) is 4.79 Å². The van der Waals surface area contributed by atoms with Gasteiger partial charge in [-0.2, -0.15) is 5.26 Å². The number of carbonyl (C=O) groups is 1.